The molecule has 0 aliphatic rings. The zero-order chi connectivity index (χ0) is 13.2. The summed E-state index contributed by atoms with van der Waals surface area (Å²) in [5, 5.41) is 7.08. The summed E-state index contributed by atoms with van der Waals surface area (Å²) in [5.74, 6) is 0. The monoisotopic (exact) mass is 292 g/mol. The molecule has 1 aromatic heterocycles. The van der Waals surface area contributed by atoms with E-state index in [9.17, 15) is 0 Å². The molecule has 0 amide bonds. The molecule has 0 spiro atoms. The van der Waals surface area contributed by atoms with Gasteiger partial charge in [0.1, 0.15) is 0 Å². The highest BCUT2D eigenvalue weighted by atomic mass is 35.5. The highest BCUT2D eigenvalue weighted by Crippen LogP contribution is 2.35. The fourth-order valence-corrected chi connectivity index (χ4v) is 3.34. The first-order chi connectivity index (χ1) is 9.29. The minimum absolute atomic E-state index is 0.664. The van der Waals surface area contributed by atoms with Crippen LogP contribution in [0.25, 0.3) is 21.0 Å². The van der Waals surface area contributed by atoms with E-state index < -0.39 is 0 Å². The smallest absolute Gasteiger partial charge is 0.183 e. The largest absolute Gasteiger partial charge is 0.383 e. The molecule has 2 aromatic carbocycles. The third kappa shape index (κ3) is 2.39. The predicted molar refractivity (Wildman–Crippen MR) is 82.5 cm³/mol. The van der Waals surface area contributed by atoms with Crippen molar-refractivity contribution in [3.05, 3.63) is 35.4 Å². The molecule has 5 heteroatoms. The lowest BCUT2D eigenvalue weighted by Crippen LogP contribution is -2.06. The Labute approximate surface area is 120 Å². The number of benzene rings is 2. The van der Waals surface area contributed by atoms with Crippen molar-refractivity contribution in [2.24, 2.45) is 0 Å². The Hall–Kier alpha value is -1.36. The van der Waals surface area contributed by atoms with Gasteiger partial charge in [0.15, 0.2) is 5.13 Å². The van der Waals surface area contributed by atoms with Crippen LogP contribution >= 0.6 is 22.9 Å². The van der Waals surface area contributed by atoms with Crippen LogP contribution in [0.4, 0.5) is 5.13 Å². The minimum atomic E-state index is 0.664. The van der Waals surface area contributed by atoms with E-state index in [1.807, 2.05) is 24.3 Å². The molecule has 0 fully saturated rings. The Morgan fingerprint density at radius 2 is 2.11 bits per heavy atom. The second-order valence-electron chi connectivity index (χ2n) is 4.19. The number of thiazole rings is 1. The Bertz CT molecular complexity index is 726. The van der Waals surface area contributed by atoms with Gasteiger partial charge in [0.2, 0.25) is 0 Å². The number of nitrogens with zero attached hydrogens (tertiary/aromatic N) is 1. The number of nitrogens with one attached hydrogen (secondary N) is 1. The lowest BCUT2D eigenvalue weighted by Gasteiger charge is -2.00. The van der Waals surface area contributed by atoms with Gasteiger partial charge in [0, 0.05) is 29.4 Å². The van der Waals surface area contributed by atoms with Crippen LogP contribution in [0.15, 0.2) is 30.3 Å². The van der Waals surface area contributed by atoms with Gasteiger partial charge < -0.3 is 10.1 Å². The summed E-state index contributed by atoms with van der Waals surface area (Å²) in [6, 6.07) is 10.1. The van der Waals surface area contributed by atoms with Gasteiger partial charge in [-0.25, -0.2) is 4.98 Å². The van der Waals surface area contributed by atoms with E-state index in [2.05, 4.69) is 16.4 Å². The average Bonchev–Trinajstić information content (AvgIpc) is 2.82. The van der Waals surface area contributed by atoms with Gasteiger partial charge in [-0.2, -0.15) is 0 Å². The van der Waals surface area contributed by atoms with Crippen molar-refractivity contribution in [2.45, 2.75) is 0 Å². The normalized spacial score (nSPS) is 11.3. The van der Waals surface area contributed by atoms with E-state index >= 15 is 0 Å². The fraction of sp³-hybridized carbons (Fsp3) is 0.214. The molecule has 0 bridgehead atoms. The van der Waals surface area contributed by atoms with E-state index in [4.69, 9.17) is 16.3 Å². The zero-order valence-electron chi connectivity index (χ0n) is 10.4. The number of aromatic nitrogens is 1. The van der Waals surface area contributed by atoms with E-state index in [-0.39, 0.29) is 0 Å². The molecule has 19 heavy (non-hydrogen) atoms. The first kappa shape index (κ1) is 12.7. The van der Waals surface area contributed by atoms with Crippen molar-refractivity contribution in [1.82, 2.24) is 4.98 Å². The maximum absolute atomic E-state index is 6.31. The molecule has 0 saturated carbocycles. The summed E-state index contributed by atoms with van der Waals surface area (Å²) in [5.41, 5.74) is 1.00. The highest BCUT2D eigenvalue weighted by Gasteiger charge is 2.09. The number of fused-ring (bicyclic) bond motifs is 3. The summed E-state index contributed by atoms with van der Waals surface area (Å²) in [6.07, 6.45) is 0. The topological polar surface area (TPSA) is 34.1 Å². The van der Waals surface area contributed by atoms with Crippen molar-refractivity contribution < 1.29 is 4.74 Å². The summed E-state index contributed by atoms with van der Waals surface area (Å²) >= 11 is 7.93. The van der Waals surface area contributed by atoms with E-state index in [0.717, 1.165) is 37.7 Å². The minimum Gasteiger partial charge on any atom is -0.383 e. The van der Waals surface area contributed by atoms with Gasteiger partial charge in [-0.1, -0.05) is 47.2 Å². The van der Waals surface area contributed by atoms with Crippen molar-refractivity contribution >= 4 is 49.1 Å². The third-order valence-electron chi connectivity index (χ3n) is 2.93. The van der Waals surface area contributed by atoms with Crippen LogP contribution in [0, 0.1) is 0 Å². The molecule has 1 N–H and O–H groups in total. The van der Waals surface area contributed by atoms with Crippen LogP contribution in [0.5, 0.6) is 0 Å². The van der Waals surface area contributed by atoms with Crippen LogP contribution in [0.1, 0.15) is 0 Å². The zero-order valence-corrected chi connectivity index (χ0v) is 12.0. The molecular weight excluding hydrogens is 280 g/mol. The quantitative estimate of drug-likeness (QED) is 0.733. The molecular formula is C14H13ClN2OS. The van der Waals surface area contributed by atoms with E-state index in [1.165, 1.54) is 0 Å². The number of methoxy groups -OCH3 is 1. The first-order valence-corrected chi connectivity index (χ1v) is 7.19. The van der Waals surface area contributed by atoms with Crippen LogP contribution in [-0.4, -0.2) is 25.2 Å². The van der Waals surface area contributed by atoms with Gasteiger partial charge in [-0.3, -0.25) is 0 Å². The number of halogens is 1. The Morgan fingerprint density at radius 3 is 2.89 bits per heavy atom. The predicted octanol–water partition coefficient (Wildman–Crippen LogP) is 4.16. The Morgan fingerprint density at radius 1 is 1.32 bits per heavy atom. The molecule has 0 radical (unpaired) electrons. The van der Waals surface area contributed by atoms with Gasteiger partial charge in [-0.15, -0.1) is 0 Å². The van der Waals surface area contributed by atoms with Crippen molar-refractivity contribution in [2.75, 3.05) is 25.6 Å². The molecule has 0 aliphatic carbocycles. The lowest BCUT2D eigenvalue weighted by atomic mass is 10.1. The lowest BCUT2D eigenvalue weighted by molar-refractivity contribution is 0.211. The number of ether oxygens (including phenoxy) is 1. The van der Waals surface area contributed by atoms with Gasteiger partial charge in [0.05, 0.1) is 16.8 Å². The molecule has 3 aromatic rings. The van der Waals surface area contributed by atoms with Crippen LogP contribution < -0.4 is 5.32 Å². The fourth-order valence-electron chi connectivity index (χ4n) is 2.05. The summed E-state index contributed by atoms with van der Waals surface area (Å²) in [4.78, 5) is 4.65. The summed E-state index contributed by atoms with van der Waals surface area (Å²) in [7, 11) is 1.69. The van der Waals surface area contributed by atoms with E-state index in [1.54, 1.807) is 18.4 Å². The molecule has 0 aliphatic heterocycles. The standard InChI is InChI=1S/C14H13ClN2OS/c1-18-7-6-16-14-17-13-10-5-3-2-4-9(10)11(15)8-12(13)19-14/h2-5,8H,6-7H2,1H3,(H,16,17). The van der Waals surface area contributed by atoms with Crippen LogP contribution in [0.3, 0.4) is 0 Å². The van der Waals surface area contributed by atoms with Gasteiger partial charge in [0.25, 0.3) is 0 Å². The SMILES string of the molecule is COCCNc1nc2c(cc(Cl)c3ccccc32)s1. The van der Waals surface area contributed by atoms with Crippen LogP contribution in [0.2, 0.25) is 5.02 Å². The molecule has 0 saturated heterocycles. The maximum Gasteiger partial charge on any atom is 0.183 e. The van der Waals surface area contributed by atoms with E-state index in [0.29, 0.717) is 6.61 Å². The van der Waals surface area contributed by atoms with Crippen molar-refractivity contribution in [3.8, 4) is 0 Å². The first-order valence-electron chi connectivity index (χ1n) is 6.00. The van der Waals surface area contributed by atoms with Crippen molar-refractivity contribution in [3.63, 3.8) is 0 Å². The van der Waals surface area contributed by atoms with Gasteiger partial charge >= 0.3 is 0 Å². The molecule has 98 valence electrons. The second kappa shape index (κ2) is 5.33. The van der Waals surface area contributed by atoms with Crippen molar-refractivity contribution in [1.29, 1.82) is 0 Å². The average molecular weight is 293 g/mol. The highest BCUT2D eigenvalue weighted by molar-refractivity contribution is 7.22. The Kier molecular flexibility index (Phi) is 3.55. The molecule has 0 unspecified atom stereocenters. The third-order valence-corrected chi connectivity index (χ3v) is 4.21. The molecule has 1 heterocycles. The number of hydrogen-bond donors (Lipinski definition) is 1. The Balaban J connectivity index is 2.09. The van der Waals surface area contributed by atoms with Crippen LogP contribution in [-0.2, 0) is 4.74 Å². The maximum atomic E-state index is 6.31. The summed E-state index contributed by atoms with van der Waals surface area (Å²) in [6.45, 7) is 1.42. The number of rotatable bonds is 4. The molecule has 3 nitrogen and oxygen atoms in total. The number of anilines is 1. The second-order valence-corrected chi connectivity index (χ2v) is 5.63. The number of hydrogen-bond acceptors (Lipinski definition) is 4. The van der Waals surface area contributed by atoms with Gasteiger partial charge in [-0.05, 0) is 6.07 Å². The summed E-state index contributed by atoms with van der Waals surface area (Å²) < 4.78 is 6.12. The molecule has 0 atom stereocenters. The molecule has 3 rings (SSSR count).